The van der Waals surface area contributed by atoms with Crippen LogP contribution in [0.1, 0.15) is 11.4 Å². The summed E-state index contributed by atoms with van der Waals surface area (Å²) in [6, 6.07) is 37.4. The molecular formula is C53H47N6O15S5+. The van der Waals surface area contributed by atoms with Gasteiger partial charge in [0.15, 0.2) is 18.2 Å². The summed E-state index contributed by atoms with van der Waals surface area (Å²) in [5.74, 6) is -5.02. The molecule has 0 radical (unpaired) electrons. The van der Waals surface area contributed by atoms with Crippen LogP contribution in [0.3, 0.4) is 0 Å². The molecule has 1 aromatic heterocycles. The van der Waals surface area contributed by atoms with Gasteiger partial charge in [-0.2, -0.15) is 21.4 Å². The summed E-state index contributed by atoms with van der Waals surface area (Å²) in [6.45, 7) is -0.0122. The van der Waals surface area contributed by atoms with Gasteiger partial charge in [0.05, 0.1) is 58.9 Å². The molecule has 0 unspecified atom stereocenters. The summed E-state index contributed by atoms with van der Waals surface area (Å²) in [6.07, 6.45) is 4.36. The number of fused-ring (bicyclic) bond motifs is 7. The number of nitrogens with zero attached hydrogens (tertiary/aromatic N) is 5. The second kappa shape index (κ2) is 23.6. The van der Waals surface area contributed by atoms with Gasteiger partial charge in [0.2, 0.25) is 17.3 Å². The van der Waals surface area contributed by atoms with Crippen molar-refractivity contribution in [3.63, 3.8) is 0 Å². The fourth-order valence-corrected chi connectivity index (χ4v) is 13.1. The number of imide groups is 2. The maximum absolute atomic E-state index is 14.0. The largest absolute Gasteiger partial charge is 0.438 e. The highest BCUT2D eigenvalue weighted by Crippen LogP contribution is 2.49. The van der Waals surface area contributed by atoms with Gasteiger partial charge in [-0.3, -0.25) is 28.4 Å². The third-order valence-electron chi connectivity index (χ3n) is 12.8. The Balaban J connectivity index is 0.844. The maximum Gasteiger partial charge on any atom is 0.335 e. The van der Waals surface area contributed by atoms with Crippen LogP contribution in [0.2, 0.25) is 0 Å². The van der Waals surface area contributed by atoms with Crippen LogP contribution in [0.25, 0.3) is 49.0 Å². The molecule has 0 bridgehead atoms. The molecule has 0 atom stereocenters. The van der Waals surface area contributed by atoms with Gasteiger partial charge in [-0.05, 0) is 64.4 Å². The van der Waals surface area contributed by atoms with Crippen LogP contribution in [0.4, 0.5) is 16.2 Å². The van der Waals surface area contributed by atoms with Crippen molar-refractivity contribution in [3.05, 3.63) is 155 Å². The van der Waals surface area contributed by atoms with Crippen LogP contribution >= 0.6 is 35.1 Å². The first-order chi connectivity index (χ1) is 38.0. The fraction of sp³-hybridized carbons (Fsp3) is 0.189. The number of benzene rings is 6. The minimum atomic E-state index is -4.66. The molecule has 1 saturated heterocycles. The number of aryl methyl sites for hydroxylation is 1. The van der Waals surface area contributed by atoms with Crippen molar-refractivity contribution >= 4 is 128 Å². The first-order valence-corrected chi connectivity index (χ1v) is 29.9. The van der Waals surface area contributed by atoms with Gasteiger partial charge in [0.1, 0.15) is 22.7 Å². The van der Waals surface area contributed by atoms with Crippen LogP contribution in [-0.2, 0) is 55.3 Å². The van der Waals surface area contributed by atoms with E-state index in [1.165, 1.54) is 0 Å². The molecule has 21 nitrogen and oxygen atoms in total. The molecule has 3 aliphatic rings. The van der Waals surface area contributed by atoms with Crippen molar-refractivity contribution in [2.75, 3.05) is 60.2 Å². The number of aromatic nitrogens is 1. The summed E-state index contributed by atoms with van der Waals surface area (Å²) in [7, 11) is -8.86. The van der Waals surface area contributed by atoms with E-state index in [-0.39, 0.29) is 43.5 Å². The van der Waals surface area contributed by atoms with E-state index >= 15 is 0 Å². The average molecular weight is 1170 g/mol. The van der Waals surface area contributed by atoms with E-state index in [2.05, 4.69) is 54.5 Å². The lowest BCUT2D eigenvalue weighted by Gasteiger charge is -2.32. The van der Waals surface area contributed by atoms with Gasteiger partial charge < -0.3 is 19.7 Å². The summed E-state index contributed by atoms with van der Waals surface area (Å²) in [5.41, 5.74) is 3.54. The molecule has 7 aromatic rings. The number of thiazole rings is 1. The number of allylic oxidation sites excluding steroid dienone is 2. The molecule has 4 heterocycles. The molecule has 79 heavy (non-hydrogen) atoms. The number of amides is 5. The number of carbonyl (C=O) groups is 4. The third-order valence-corrected chi connectivity index (χ3v) is 16.9. The number of hydrogen-bond acceptors (Lipinski definition) is 18. The molecule has 3 aliphatic heterocycles. The summed E-state index contributed by atoms with van der Waals surface area (Å²) in [4.78, 5) is 60.1. The van der Waals surface area contributed by atoms with Gasteiger partial charge in [0.25, 0.3) is 37.1 Å². The van der Waals surface area contributed by atoms with Crippen LogP contribution in [-0.4, -0.2) is 115 Å². The Morgan fingerprint density at radius 1 is 0.759 bits per heavy atom. The monoisotopic (exact) mass is 1170 g/mol. The number of anilines is 2. The highest BCUT2D eigenvalue weighted by molar-refractivity contribution is 8.04. The minimum absolute atomic E-state index is 0.0118. The van der Waals surface area contributed by atoms with Crippen LogP contribution in [0, 0.1) is 0 Å². The Labute approximate surface area is 464 Å². The Hall–Kier alpha value is -7.21. The zero-order valence-electron chi connectivity index (χ0n) is 41.4. The first-order valence-electron chi connectivity index (χ1n) is 24.2. The van der Waals surface area contributed by atoms with E-state index in [9.17, 15) is 45.1 Å². The highest BCUT2D eigenvalue weighted by atomic mass is 32.2. The second-order valence-electron chi connectivity index (χ2n) is 17.9. The van der Waals surface area contributed by atoms with Gasteiger partial charge in [0, 0.05) is 29.8 Å². The number of carbonyl (C=O) groups excluding carboxylic acids is 4. The smallest absolute Gasteiger partial charge is 0.335 e. The fourth-order valence-electron chi connectivity index (χ4n) is 9.28. The van der Waals surface area contributed by atoms with Gasteiger partial charge >= 0.3 is 6.03 Å². The van der Waals surface area contributed by atoms with Gasteiger partial charge in [-0.1, -0.05) is 119 Å². The van der Waals surface area contributed by atoms with E-state index in [1.54, 1.807) is 59.5 Å². The first kappa shape index (κ1) is 55.1. The maximum atomic E-state index is 14.0. The van der Waals surface area contributed by atoms with E-state index in [4.69, 9.17) is 14.7 Å². The van der Waals surface area contributed by atoms with Crippen molar-refractivity contribution < 1.29 is 73.8 Å². The van der Waals surface area contributed by atoms with Gasteiger partial charge in [-0.25, -0.2) is 19.9 Å². The standard InChI is InChI=1S/C53H46N6O15S5/c60-45(31-57-51(61)40(52(62)58(53(57)63)32-75-74-73-64)18-22-46-59(33-79(68,69)70)41-19-15-36-12-5-7-14-39(36)50(41)72-46)54-23-26-71-27-25-55-42-29-37(34-9-2-1-3-10-34)17-20-43(42)76-47(55)30-48-56(24-8-28-78(65,66)67)49-38-13-6-4-11-35(38)16-21-44(49)77-48/h1-7,9-22,29-30H,8,23-28,31-33H2,(H3-,54,60,64,65,66,67,68,69,70)/p+1. The Morgan fingerprint density at radius 3 is 2.24 bits per heavy atom. The lowest BCUT2D eigenvalue weighted by molar-refractivity contribution is -0.667. The molecule has 26 heteroatoms. The predicted octanol–water partition coefficient (Wildman–Crippen LogP) is 7.81. The predicted molar refractivity (Wildman–Crippen MR) is 298 cm³/mol. The number of barbiturate groups is 1. The zero-order chi connectivity index (χ0) is 55.4. The SMILES string of the molecule is O=C(CN1C(=O)C(=CC=C2Oc3c(ccc4ccccc34)N2CS(=O)(=O)O)C(=O)N(CSOOO)C1=O)NCCOCCN1C(=Cc2sc3ccc4ccccc4c3[n+]2CCCS(=O)(=O)O)Sc2ccc(-c3ccccc3)cc21. The lowest BCUT2D eigenvalue weighted by Crippen LogP contribution is -2.58. The Bertz CT molecular complexity index is 3890. The van der Waals surface area contributed by atoms with Crippen LogP contribution < -0.4 is 24.4 Å². The topological polar surface area (TPSA) is 263 Å². The van der Waals surface area contributed by atoms with Gasteiger partial charge in [-0.15, -0.1) is 4.33 Å². The number of urea groups is 1. The second-order valence-corrected chi connectivity index (χ2v) is 23.6. The third kappa shape index (κ3) is 12.3. The molecule has 0 spiro atoms. The lowest BCUT2D eigenvalue weighted by atomic mass is 10.0. The molecule has 10 rings (SSSR count). The average Bonchev–Trinajstić information content (AvgIpc) is 4.26. The molecule has 5 amide bonds. The highest BCUT2D eigenvalue weighted by Gasteiger charge is 2.43. The number of thioether (sulfide) groups is 1. The van der Waals surface area contributed by atoms with Crippen molar-refractivity contribution in [2.24, 2.45) is 0 Å². The quantitative estimate of drug-likeness (QED) is 0.00781. The molecular weight excluding hydrogens is 1120 g/mol. The summed E-state index contributed by atoms with van der Waals surface area (Å²) >= 11 is 3.46. The Kier molecular flexibility index (Phi) is 16.5. The number of hydrogen-bond donors (Lipinski definition) is 4. The van der Waals surface area contributed by atoms with Crippen LogP contribution in [0.5, 0.6) is 5.75 Å². The summed E-state index contributed by atoms with van der Waals surface area (Å²) in [5, 5.41) is 20.1. The normalized spacial score (nSPS) is 16.3. The molecule has 4 N–H and O–H groups in total. The number of nitrogens with one attached hydrogen (secondary N) is 1. The van der Waals surface area contributed by atoms with E-state index in [1.807, 2.05) is 60.7 Å². The Morgan fingerprint density at radius 2 is 1.48 bits per heavy atom. The van der Waals surface area contributed by atoms with E-state index in [0.29, 0.717) is 40.3 Å². The summed E-state index contributed by atoms with van der Waals surface area (Å²) < 4.78 is 87.1. The van der Waals surface area contributed by atoms with Crippen molar-refractivity contribution in [3.8, 4) is 16.9 Å². The van der Waals surface area contributed by atoms with E-state index < -0.39 is 73.6 Å². The number of rotatable bonds is 21. The van der Waals surface area contributed by atoms with Crippen molar-refractivity contribution in [1.82, 2.24) is 15.1 Å². The van der Waals surface area contributed by atoms with Crippen LogP contribution in [0.15, 0.2) is 155 Å². The number of ether oxygens (including phenoxy) is 2. The minimum Gasteiger partial charge on any atom is -0.438 e. The molecule has 1 fully saturated rings. The van der Waals surface area contributed by atoms with E-state index in [0.717, 1.165) is 75.2 Å². The molecule has 6 aromatic carbocycles. The molecule has 408 valence electrons. The molecule has 0 aliphatic carbocycles. The van der Waals surface area contributed by atoms with Crippen molar-refractivity contribution in [1.29, 1.82) is 0 Å². The zero-order valence-corrected chi connectivity index (χ0v) is 45.5. The van der Waals surface area contributed by atoms with Crippen molar-refractivity contribution in [2.45, 2.75) is 17.9 Å². The molecule has 0 saturated carbocycles.